The Kier molecular flexibility index (Phi) is 4.02. The monoisotopic (exact) mass is 387 g/mol. The smallest absolute Gasteiger partial charge is 0.343 e. The van der Waals surface area contributed by atoms with E-state index >= 15 is 0 Å². The lowest BCUT2D eigenvalue weighted by molar-refractivity contribution is 0.476. The molecular formula is C21H14FN5O2. The second-order valence-corrected chi connectivity index (χ2v) is 6.42. The van der Waals surface area contributed by atoms with Gasteiger partial charge in [-0.1, -0.05) is 30.3 Å². The number of halogens is 1. The Morgan fingerprint density at radius 2 is 1.90 bits per heavy atom. The van der Waals surface area contributed by atoms with Crippen molar-refractivity contribution in [2.24, 2.45) is 0 Å². The van der Waals surface area contributed by atoms with E-state index in [0.29, 0.717) is 44.6 Å². The van der Waals surface area contributed by atoms with Gasteiger partial charge in [-0.25, -0.2) is 24.1 Å². The van der Waals surface area contributed by atoms with Crippen LogP contribution in [0.2, 0.25) is 0 Å². The Balaban J connectivity index is 1.66. The van der Waals surface area contributed by atoms with E-state index in [1.165, 1.54) is 24.8 Å². The molecule has 0 saturated carbocycles. The van der Waals surface area contributed by atoms with Crippen LogP contribution in [0.4, 0.5) is 10.2 Å². The van der Waals surface area contributed by atoms with Gasteiger partial charge in [-0.05, 0) is 23.8 Å². The molecule has 0 unspecified atom stereocenters. The first kappa shape index (κ1) is 17.1. The zero-order chi connectivity index (χ0) is 19.8. The molecule has 0 aliphatic carbocycles. The number of benzene rings is 2. The predicted molar refractivity (Wildman–Crippen MR) is 107 cm³/mol. The molecule has 3 aromatic heterocycles. The van der Waals surface area contributed by atoms with E-state index in [0.717, 1.165) is 0 Å². The molecule has 0 spiro atoms. The van der Waals surface area contributed by atoms with Crippen molar-refractivity contribution in [3.8, 4) is 11.1 Å². The maximum absolute atomic E-state index is 13.9. The molecule has 0 bridgehead atoms. The van der Waals surface area contributed by atoms with Crippen LogP contribution in [0.3, 0.4) is 0 Å². The molecule has 142 valence electrons. The Morgan fingerprint density at radius 1 is 1.03 bits per heavy atom. The summed E-state index contributed by atoms with van der Waals surface area (Å²) in [6, 6.07) is 13.3. The minimum Gasteiger partial charge on any atom is -0.425 e. The Hall–Kier alpha value is -4.07. The number of aromatic nitrogens is 4. The summed E-state index contributed by atoms with van der Waals surface area (Å²) in [6.07, 6.45) is 2.94. The van der Waals surface area contributed by atoms with Gasteiger partial charge in [-0.2, -0.15) is 0 Å². The lowest BCUT2D eigenvalue weighted by atomic mass is 9.98. The van der Waals surface area contributed by atoms with E-state index in [4.69, 9.17) is 4.42 Å². The molecule has 0 aliphatic heterocycles. The van der Waals surface area contributed by atoms with Gasteiger partial charge in [-0.3, -0.25) is 0 Å². The number of aromatic amines is 1. The maximum atomic E-state index is 13.9. The Morgan fingerprint density at radius 3 is 2.76 bits per heavy atom. The zero-order valence-corrected chi connectivity index (χ0v) is 15.0. The molecule has 0 saturated heterocycles. The Bertz CT molecular complexity index is 1410. The molecule has 3 heterocycles. The van der Waals surface area contributed by atoms with E-state index in [9.17, 15) is 9.18 Å². The minimum absolute atomic E-state index is 0.158. The molecular weight excluding hydrogens is 373 g/mol. The fraction of sp³-hybridized carbons (Fsp3) is 0.0476. The highest BCUT2D eigenvalue weighted by atomic mass is 19.1. The summed E-state index contributed by atoms with van der Waals surface area (Å²) in [5.41, 5.74) is 1.98. The van der Waals surface area contributed by atoms with E-state index in [1.807, 2.05) is 12.1 Å². The number of hydrogen-bond donors (Lipinski definition) is 2. The van der Waals surface area contributed by atoms with Crippen molar-refractivity contribution in [3.63, 3.8) is 0 Å². The average molecular weight is 387 g/mol. The van der Waals surface area contributed by atoms with Crippen molar-refractivity contribution in [2.45, 2.75) is 6.54 Å². The number of rotatable bonds is 4. The Labute approximate surface area is 163 Å². The third-order valence-electron chi connectivity index (χ3n) is 4.66. The summed E-state index contributed by atoms with van der Waals surface area (Å²) < 4.78 is 19.5. The molecule has 2 aromatic carbocycles. The summed E-state index contributed by atoms with van der Waals surface area (Å²) in [5.74, 6) is 0.504. The van der Waals surface area contributed by atoms with Crippen LogP contribution in [0.1, 0.15) is 5.76 Å². The van der Waals surface area contributed by atoms with Gasteiger partial charge in [0.2, 0.25) is 0 Å². The summed E-state index contributed by atoms with van der Waals surface area (Å²) in [6.45, 7) is 0.158. The molecule has 29 heavy (non-hydrogen) atoms. The summed E-state index contributed by atoms with van der Waals surface area (Å²) >= 11 is 0. The molecule has 5 rings (SSSR count). The van der Waals surface area contributed by atoms with Crippen LogP contribution >= 0.6 is 0 Å². The van der Waals surface area contributed by atoms with Crippen LogP contribution < -0.4 is 10.9 Å². The lowest BCUT2D eigenvalue weighted by Crippen LogP contribution is -2.10. The number of nitrogens with one attached hydrogen (secondary N) is 2. The third-order valence-corrected chi connectivity index (χ3v) is 4.66. The van der Waals surface area contributed by atoms with E-state index in [2.05, 4.69) is 25.3 Å². The van der Waals surface area contributed by atoms with Crippen LogP contribution in [0.15, 0.2) is 70.4 Å². The lowest BCUT2D eigenvalue weighted by Gasteiger charge is -2.13. The fourth-order valence-electron chi connectivity index (χ4n) is 3.39. The molecule has 8 heteroatoms. The normalized spacial score (nSPS) is 11.2. The second-order valence-electron chi connectivity index (χ2n) is 6.42. The summed E-state index contributed by atoms with van der Waals surface area (Å²) in [4.78, 5) is 28.0. The SMILES string of the molecule is O=c1oc(CNc2ncnc3[nH]cnc23)c(-c2cccc(F)c2)c2ccccc12. The van der Waals surface area contributed by atoms with Gasteiger partial charge >= 0.3 is 5.63 Å². The second kappa shape index (κ2) is 6.83. The maximum Gasteiger partial charge on any atom is 0.343 e. The molecule has 0 amide bonds. The fourth-order valence-corrected chi connectivity index (χ4v) is 3.39. The van der Waals surface area contributed by atoms with Crippen LogP contribution in [0.5, 0.6) is 0 Å². The topological polar surface area (TPSA) is 96.7 Å². The van der Waals surface area contributed by atoms with Crippen LogP contribution in [-0.4, -0.2) is 19.9 Å². The van der Waals surface area contributed by atoms with Gasteiger partial charge in [-0.15, -0.1) is 0 Å². The van der Waals surface area contributed by atoms with Crippen molar-refractivity contribution in [3.05, 3.63) is 83.2 Å². The van der Waals surface area contributed by atoms with E-state index < -0.39 is 5.63 Å². The highest BCUT2D eigenvalue weighted by molar-refractivity contribution is 5.96. The van der Waals surface area contributed by atoms with Crippen molar-refractivity contribution in [1.82, 2.24) is 19.9 Å². The predicted octanol–water partition coefficient (Wildman–Crippen LogP) is 3.88. The van der Waals surface area contributed by atoms with E-state index in [1.54, 1.807) is 24.3 Å². The molecule has 2 N–H and O–H groups in total. The van der Waals surface area contributed by atoms with Crippen molar-refractivity contribution >= 4 is 27.8 Å². The molecule has 7 nitrogen and oxygen atoms in total. The van der Waals surface area contributed by atoms with Gasteiger partial charge in [0.1, 0.15) is 23.4 Å². The van der Waals surface area contributed by atoms with Gasteiger partial charge in [0.25, 0.3) is 0 Å². The first-order valence-corrected chi connectivity index (χ1v) is 8.89. The average Bonchev–Trinajstić information content (AvgIpc) is 3.22. The highest BCUT2D eigenvalue weighted by Crippen LogP contribution is 2.31. The number of hydrogen-bond acceptors (Lipinski definition) is 6. The number of H-pyrrole nitrogens is 1. The minimum atomic E-state index is -0.454. The number of nitrogens with zero attached hydrogens (tertiary/aromatic N) is 3. The number of fused-ring (bicyclic) bond motifs is 2. The van der Waals surface area contributed by atoms with Crippen molar-refractivity contribution in [2.75, 3.05) is 5.32 Å². The largest absolute Gasteiger partial charge is 0.425 e. The van der Waals surface area contributed by atoms with E-state index in [-0.39, 0.29) is 12.4 Å². The standard InChI is InChI=1S/C21H14FN5O2/c22-13-5-3-4-12(8-13)17-14-6-1-2-7-15(14)21(28)29-16(17)9-23-19-18-20(25-10-24-18)27-11-26-19/h1-8,10-11H,9H2,(H2,23,24,25,26,27). The number of imidazole rings is 1. The quantitative estimate of drug-likeness (QED) is 0.486. The van der Waals surface area contributed by atoms with Crippen LogP contribution in [0, 0.1) is 5.82 Å². The molecule has 0 aliphatic rings. The molecule has 0 radical (unpaired) electrons. The highest BCUT2D eigenvalue weighted by Gasteiger charge is 2.17. The molecule has 5 aromatic rings. The third kappa shape index (κ3) is 3.00. The first-order valence-electron chi connectivity index (χ1n) is 8.89. The molecule has 0 fully saturated rings. The van der Waals surface area contributed by atoms with Crippen molar-refractivity contribution < 1.29 is 8.81 Å². The van der Waals surface area contributed by atoms with Gasteiger partial charge in [0.15, 0.2) is 11.5 Å². The van der Waals surface area contributed by atoms with Gasteiger partial charge in [0, 0.05) is 10.9 Å². The van der Waals surface area contributed by atoms with Crippen LogP contribution in [0.25, 0.3) is 33.1 Å². The zero-order valence-electron chi connectivity index (χ0n) is 15.0. The van der Waals surface area contributed by atoms with Crippen LogP contribution in [-0.2, 0) is 6.54 Å². The first-order chi connectivity index (χ1) is 14.2. The van der Waals surface area contributed by atoms with Gasteiger partial charge in [0.05, 0.1) is 18.3 Å². The summed E-state index contributed by atoms with van der Waals surface area (Å²) in [5, 5.41) is 4.28. The number of anilines is 1. The summed E-state index contributed by atoms with van der Waals surface area (Å²) in [7, 11) is 0. The van der Waals surface area contributed by atoms with Crippen molar-refractivity contribution in [1.29, 1.82) is 0 Å². The molecule has 0 atom stereocenters. The van der Waals surface area contributed by atoms with Gasteiger partial charge < -0.3 is 14.7 Å².